The second-order valence-electron chi connectivity index (χ2n) is 6.41. The van der Waals surface area contributed by atoms with E-state index in [1.807, 2.05) is 0 Å². The Morgan fingerprint density at radius 2 is 2.07 bits per heavy atom. The second kappa shape index (κ2) is 6.80. The molecule has 1 saturated carbocycles. The molecule has 1 N–H and O–H groups in total. The Morgan fingerprint density at radius 1 is 1.30 bits per heavy atom. The largest absolute Gasteiger partial charge is 0.349 e. The van der Waals surface area contributed by atoms with Gasteiger partial charge in [0.15, 0.2) is 0 Å². The van der Waals surface area contributed by atoms with Crippen molar-refractivity contribution in [2.45, 2.75) is 25.8 Å². The predicted octanol–water partition coefficient (Wildman–Crippen LogP) is 3.57. The first-order chi connectivity index (χ1) is 12.9. The number of hydrogen-bond acceptors (Lipinski definition) is 4. The van der Waals surface area contributed by atoms with Gasteiger partial charge >= 0.3 is 0 Å². The topological polar surface area (TPSA) is 72.7 Å². The summed E-state index contributed by atoms with van der Waals surface area (Å²) in [4.78, 5) is 15.9. The highest BCUT2D eigenvalue weighted by Crippen LogP contribution is 2.26. The van der Waals surface area contributed by atoms with E-state index in [0.717, 1.165) is 12.8 Å². The molecule has 0 unspecified atom stereocenters. The molecule has 27 heavy (non-hydrogen) atoms. The van der Waals surface area contributed by atoms with Crippen LogP contribution in [0.2, 0.25) is 0 Å². The Balaban J connectivity index is 1.72. The normalized spacial score (nSPS) is 13.6. The van der Waals surface area contributed by atoms with Crippen molar-refractivity contribution < 1.29 is 13.6 Å². The van der Waals surface area contributed by atoms with Gasteiger partial charge in [0.25, 0.3) is 5.91 Å². The van der Waals surface area contributed by atoms with E-state index < -0.39 is 17.7 Å². The molecule has 3 aromatic rings. The van der Waals surface area contributed by atoms with Gasteiger partial charge in [0, 0.05) is 16.7 Å². The molecule has 1 fully saturated rings. The number of pyridine rings is 1. The number of aryl methyl sites for hydroxylation is 1. The van der Waals surface area contributed by atoms with Gasteiger partial charge in [-0.2, -0.15) is 4.39 Å². The maximum atomic E-state index is 14.3. The number of carbonyl (C=O) groups excluding carboxylic acids is 1. The Bertz CT molecular complexity index is 1050. The van der Waals surface area contributed by atoms with Crippen LogP contribution in [0.25, 0.3) is 16.9 Å². The lowest BCUT2D eigenvalue weighted by molar-refractivity contribution is 0.0947. The first kappa shape index (κ1) is 17.7. The summed E-state index contributed by atoms with van der Waals surface area (Å²) in [6, 6.07) is 4.37. The summed E-state index contributed by atoms with van der Waals surface area (Å²) in [6.45, 7) is 1.70. The number of nitrogens with zero attached hydrogens (tertiary/aromatic N) is 4. The zero-order valence-electron chi connectivity index (χ0n) is 14.2. The average molecular weight is 434 g/mol. The molecule has 6 nitrogen and oxygen atoms in total. The van der Waals surface area contributed by atoms with Crippen LogP contribution in [-0.4, -0.2) is 31.9 Å². The number of halogens is 3. The zero-order valence-corrected chi connectivity index (χ0v) is 15.8. The van der Waals surface area contributed by atoms with E-state index in [4.69, 9.17) is 0 Å². The van der Waals surface area contributed by atoms with Crippen LogP contribution < -0.4 is 5.32 Å². The maximum Gasteiger partial charge on any atom is 0.254 e. The number of carbonyl (C=O) groups is 1. The highest BCUT2D eigenvalue weighted by Gasteiger charge is 2.26. The van der Waals surface area contributed by atoms with Crippen molar-refractivity contribution in [1.29, 1.82) is 0 Å². The van der Waals surface area contributed by atoms with Crippen molar-refractivity contribution in [3.8, 4) is 16.9 Å². The molecular formula is C18H14BrF2N5O. The Hall–Kier alpha value is -2.68. The standard InChI is InChI=1S/C18H14BrF2N5O/c1-9-4-14(20)12(18(27)23-11-2-3-11)6-16(9)26-8-15(24-25-26)13-5-10(19)7-22-17(13)21/h4-8,11H,2-3H2,1H3,(H,23,27). The quantitative estimate of drug-likeness (QED) is 0.638. The van der Waals surface area contributed by atoms with Crippen LogP contribution in [0, 0.1) is 18.7 Å². The van der Waals surface area contributed by atoms with Crippen molar-refractivity contribution in [2.24, 2.45) is 0 Å². The Labute approximate surface area is 161 Å². The van der Waals surface area contributed by atoms with Crippen LogP contribution in [0.15, 0.2) is 35.1 Å². The second-order valence-corrected chi connectivity index (χ2v) is 7.32. The molecule has 0 radical (unpaired) electrons. The molecule has 0 atom stereocenters. The molecule has 2 heterocycles. The minimum absolute atomic E-state index is 0.0603. The fraction of sp³-hybridized carbons (Fsp3) is 0.222. The fourth-order valence-corrected chi connectivity index (χ4v) is 3.01. The molecule has 1 amide bonds. The first-order valence-electron chi connectivity index (χ1n) is 8.27. The summed E-state index contributed by atoms with van der Waals surface area (Å²) >= 11 is 3.24. The minimum Gasteiger partial charge on any atom is -0.349 e. The lowest BCUT2D eigenvalue weighted by atomic mass is 10.1. The molecule has 9 heteroatoms. The molecule has 2 aromatic heterocycles. The summed E-state index contributed by atoms with van der Waals surface area (Å²) < 4.78 is 30.2. The summed E-state index contributed by atoms with van der Waals surface area (Å²) in [5.41, 5.74) is 1.45. The highest BCUT2D eigenvalue weighted by molar-refractivity contribution is 9.10. The number of benzene rings is 1. The van der Waals surface area contributed by atoms with Gasteiger partial charge in [0.2, 0.25) is 5.95 Å². The molecule has 0 bridgehead atoms. The van der Waals surface area contributed by atoms with Gasteiger partial charge in [0.1, 0.15) is 11.5 Å². The third-order valence-electron chi connectivity index (χ3n) is 4.26. The zero-order chi connectivity index (χ0) is 19.1. The molecule has 1 aromatic carbocycles. The third-order valence-corrected chi connectivity index (χ3v) is 4.70. The summed E-state index contributed by atoms with van der Waals surface area (Å²) in [5, 5.41) is 10.7. The maximum absolute atomic E-state index is 14.3. The van der Waals surface area contributed by atoms with Crippen LogP contribution >= 0.6 is 15.9 Å². The number of hydrogen-bond donors (Lipinski definition) is 1. The molecule has 138 valence electrons. The van der Waals surface area contributed by atoms with E-state index in [9.17, 15) is 13.6 Å². The first-order valence-corrected chi connectivity index (χ1v) is 9.07. The number of nitrogens with one attached hydrogen (secondary N) is 1. The van der Waals surface area contributed by atoms with Crippen LogP contribution in [0.5, 0.6) is 0 Å². The van der Waals surface area contributed by atoms with Gasteiger partial charge in [-0.15, -0.1) is 5.10 Å². The average Bonchev–Trinajstić information content (AvgIpc) is 3.30. The van der Waals surface area contributed by atoms with Crippen molar-refractivity contribution in [1.82, 2.24) is 25.3 Å². The molecule has 1 aliphatic carbocycles. The van der Waals surface area contributed by atoms with E-state index in [1.54, 1.807) is 13.0 Å². The molecule has 0 saturated heterocycles. The van der Waals surface area contributed by atoms with Gasteiger partial charge in [0.05, 0.1) is 23.0 Å². The summed E-state index contributed by atoms with van der Waals surface area (Å²) in [6.07, 6.45) is 4.67. The van der Waals surface area contributed by atoms with Gasteiger partial charge in [-0.3, -0.25) is 4.79 Å². The van der Waals surface area contributed by atoms with E-state index in [-0.39, 0.29) is 22.9 Å². The Kier molecular flexibility index (Phi) is 4.47. The highest BCUT2D eigenvalue weighted by atomic mass is 79.9. The van der Waals surface area contributed by atoms with Crippen LogP contribution in [0.1, 0.15) is 28.8 Å². The lowest BCUT2D eigenvalue weighted by Gasteiger charge is -2.10. The van der Waals surface area contributed by atoms with Crippen LogP contribution in [0.3, 0.4) is 0 Å². The van der Waals surface area contributed by atoms with Crippen molar-refractivity contribution >= 4 is 21.8 Å². The van der Waals surface area contributed by atoms with Crippen molar-refractivity contribution in [3.05, 3.63) is 58.0 Å². The van der Waals surface area contributed by atoms with Crippen LogP contribution in [-0.2, 0) is 0 Å². The van der Waals surface area contributed by atoms with Crippen LogP contribution in [0.4, 0.5) is 8.78 Å². The van der Waals surface area contributed by atoms with E-state index in [0.29, 0.717) is 15.7 Å². The smallest absolute Gasteiger partial charge is 0.254 e. The van der Waals surface area contributed by atoms with Gasteiger partial charge in [-0.1, -0.05) is 5.21 Å². The van der Waals surface area contributed by atoms with Crippen molar-refractivity contribution in [3.63, 3.8) is 0 Å². The van der Waals surface area contributed by atoms with E-state index >= 15 is 0 Å². The van der Waals surface area contributed by atoms with Crippen molar-refractivity contribution in [2.75, 3.05) is 0 Å². The third kappa shape index (κ3) is 3.59. The van der Waals surface area contributed by atoms with E-state index in [1.165, 1.54) is 29.2 Å². The molecule has 1 aliphatic rings. The fourth-order valence-electron chi connectivity index (χ4n) is 2.68. The summed E-state index contributed by atoms with van der Waals surface area (Å²) in [5.74, 6) is -1.73. The molecule has 0 aliphatic heterocycles. The summed E-state index contributed by atoms with van der Waals surface area (Å²) in [7, 11) is 0. The monoisotopic (exact) mass is 433 g/mol. The molecule has 4 rings (SSSR count). The van der Waals surface area contributed by atoms with E-state index in [2.05, 4.69) is 36.5 Å². The SMILES string of the molecule is Cc1cc(F)c(C(=O)NC2CC2)cc1-n1cc(-c2cc(Br)cnc2F)nn1. The predicted molar refractivity (Wildman–Crippen MR) is 97.4 cm³/mol. The number of rotatable bonds is 4. The Morgan fingerprint density at radius 3 is 2.81 bits per heavy atom. The number of aromatic nitrogens is 4. The lowest BCUT2D eigenvalue weighted by Crippen LogP contribution is -2.26. The van der Waals surface area contributed by atoms with Gasteiger partial charge in [-0.05, 0) is 59.5 Å². The number of amides is 1. The van der Waals surface area contributed by atoms with Gasteiger partial charge in [-0.25, -0.2) is 14.1 Å². The molecule has 0 spiro atoms. The van der Waals surface area contributed by atoms with Gasteiger partial charge < -0.3 is 5.32 Å². The minimum atomic E-state index is -0.675. The molecular weight excluding hydrogens is 420 g/mol.